The SMILES string of the molecule is Cc1nc2c3c(ccc2n1C)[C@H](CC(C)C)[C@H](O)[C@@H](c1ccccc1)N3. The maximum atomic E-state index is 11.2. The molecule has 26 heavy (non-hydrogen) atoms. The molecule has 0 fully saturated rings. The van der Waals surface area contributed by atoms with Crippen LogP contribution in [-0.2, 0) is 7.05 Å². The summed E-state index contributed by atoms with van der Waals surface area (Å²) in [5, 5.41) is 14.8. The Morgan fingerprint density at radius 1 is 1.15 bits per heavy atom. The summed E-state index contributed by atoms with van der Waals surface area (Å²) in [5.41, 5.74) is 5.51. The number of aromatic nitrogens is 2. The number of nitrogens with zero attached hydrogens (tertiary/aromatic N) is 2. The molecule has 2 aromatic carbocycles. The number of anilines is 1. The van der Waals surface area contributed by atoms with E-state index in [1.807, 2.05) is 25.1 Å². The Balaban J connectivity index is 1.90. The fourth-order valence-electron chi connectivity index (χ4n) is 4.22. The molecule has 0 spiro atoms. The van der Waals surface area contributed by atoms with Gasteiger partial charge in [-0.15, -0.1) is 0 Å². The van der Waals surface area contributed by atoms with Gasteiger partial charge in [-0.1, -0.05) is 50.2 Å². The Morgan fingerprint density at radius 3 is 2.58 bits per heavy atom. The summed E-state index contributed by atoms with van der Waals surface area (Å²) in [7, 11) is 2.05. The normalized spacial score (nSPS) is 22.5. The van der Waals surface area contributed by atoms with Crippen molar-refractivity contribution in [3.63, 3.8) is 0 Å². The molecule has 1 aromatic heterocycles. The Bertz CT molecular complexity index is 929. The second-order valence-electron chi connectivity index (χ2n) is 7.87. The van der Waals surface area contributed by atoms with E-state index in [4.69, 9.17) is 4.98 Å². The molecule has 136 valence electrons. The number of hydrogen-bond donors (Lipinski definition) is 2. The molecule has 4 nitrogen and oxygen atoms in total. The zero-order valence-electron chi connectivity index (χ0n) is 15.9. The molecule has 0 saturated carbocycles. The van der Waals surface area contributed by atoms with Crippen molar-refractivity contribution >= 4 is 16.7 Å². The number of nitrogens with one attached hydrogen (secondary N) is 1. The summed E-state index contributed by atoms with van der Waals surface area (Å²) in [4.78, 5) is 4.81. The van der Waals surface area contributed by atoms with Crippen molar-refractivity contribution in [2.75, 3.05) is 5.32 Å². The minimum absolute atomic E-state index is 0.100. The number of imidazole rings is 1. The predicted octanol–water partition coefficient (Wildman–Crippen LogP) is 4.54. The standard InChI is InChI=1S/C22H27N3O/c1-13(2)12-17-16-10-11-18-21(23-14(3)25(18)4)20(16)24-19(22(17)26)15-8-6-5-7-9-15/h5-11,13,17,19,22,24,26H,12H2,1-4H3/t17-,19+,22-/m0/s1. The number of aliphatic hydroxyl groups is 1. The quantitative estimate of drug-likeness (QED) is 0.730. The summed E-state index contributed by atoms with van der Waals surface area (Å²) in [6.45, 7) is 6.47. The minimum Gasteiger partial charge on any atom is -0.390 e. The summed E-state index contributed by atoms with van der Waals surface area (Å²) in [6.07, 6.45) is 0.491. The Labute approximate surface area is 154 Å². The van der Waals surface area contributed by atoms with Crippen molar-refractivity contribution in [2.24, 2.45) is 13.0 Å². The van der Waals surface area contributed by atoms with Crippen LogP contribution in [-0.4, -0.2) is 20.8 Å². The van der Waals surface area contributed by atoms with Gasteiger partial charge in [-0.2, -0.15) is 0 Å². The van der Waals surface area contributed by atoms with Gasteiger partial charge >= 0.3 is 0 Å². The lowest BCUT2D eigenvalue weighted by Gasteiger charge is -2.39. The third-order valence-electron chi connectivity index (χ3n) is 5.65. The van der Waals surface area contributed by atoms with Gasteiger partial charge < -0.3 is 15.0 Å². The number of benzene rings is 2. The fourth-order valence-corrected chi connectivity index (χ4v) is 4.22. The lowest BCUT2D eigenvalue weighted by atomic mass is 9.77. The topological polar surface area (TPSA) is 50.1 Å². The Morgan fingerprint density at radius 2 is 1.88 bits per heavy atom. The van der Waals surface area contributed by atoms with Crippen molar-refractivity contribution in [2.45, 2.75) is 45.3 Å². The molecule has 1 aliphatic rings. The Kier molecular flexibility index (Phi) is 4.23. The highest BCUT2D eigenvalue weighted by Gasteiger charge is 2.37. The second kappa shape index (κ2) is 6.44. The van der Waals surface area contributed by atoms with Crippen LogP contribution in [0, 0.1) is 12.8 Å². The lowest BCUT2D eigenvalue weighted by molar-refractivity contribution is 0.107. The van der Waals surface area contributed by atoms with Crippen LogP contribution < -0.4 is 5.32 Å². The van der Waals surface area contributed by atoms with Gasteiger partial charge in [-0.05, 0) is 36.5 Å². The molecule has 1 aliphatic heterocycles. The monoisotopic (exact) mass is 349 g/mol. The van der Waals surface area contributed by atoms with E-state index in [-0.39, 0.29) is 12.0 Å². The first-order valence-electron chi connectivity index (χ1n) is 9.43. The highest BCUT2D eigenvalue weighted by Crippen LogP contribution is 2.45. The van der Waals surface area contributed by atoms with Crippen molar-refractivity contribution in [1.29, 1.82) is 0 Å². The van der Waals surface area contributed by atoms with Gasteiger partial charge in [0.25, 0.3) is 0 Å². The third kappa shape index (κ3) is 2.69. The van der Waals surface area contributed by atoms with Gasteiger partial charge in [0.15, 0.2) is 0 Å². The number of fused-ring (bicyclic) bond motifs is 3. The summed E-state index contributed by atoms with van der Waals surface area (Å²) >= 11 is 0. The van der Waals surface area contributed by atoms with E-state index >= 15 is 0 Å². The summed E-state index contributed by atoms with van der Waals surface area (Å²) < 4.78 is 2.12. The molecule has 0 aliphatic carbocycles. The largest absolute Gasteiger partial charge is 0.390 e. The van der Waals surface area contributed by atoms with Crippen LogP contribution in [0.1, 0.15) is 49.2 Å². The minimum atomic E-state index is -0.463. The van der Waals surface area contributed by atoms with Crippen molar-refractivity contribution in [3.8, 4) is 0 Å². The van der Waals surface area contributed by atoms with E-state index in [2.05, 4.69) is 55.0 Å². The molecule has 2 heterocycles. The van der Waals surface area contributed by atoms with Crippen molar-refractivity contribution in [1.82, 2.24) is 9.55 Å². The van der Waals surface area contributed by atoms with E-state index in [0.717, 1.165) is 34.5 Å². The van der Waals surface area contributed by atoms with Crippen LogP contribution in [0.25, 0.3) is 11.0 Å². The summed E-state index contributed by atoms with van der Waals surface area (Å²) in [5.74, 6) is 1.61. The van der Waals surface area contributed by atoms with E-state index in [9.17, 15) is 5.11 Å². The van der Waals surface area contributed by atoms with Gasteiger partial charge in [0, 0.05) is 13.0 Å². The van der Waals surface area contributed by atoms with Crippen molar-refractivity contribution in [3.05, 3.63) is 59.4 Å². The average molecular weight is 349 g/mol. The molecular weight excluding hydrogens is 322 g/mol. The van der Waals surface area contributed by atoms with Crippen LogP contribution in [0.5, 0.6) is 0 Å². The first-order chi connectivity index (χ1) is 12.5. The average Bonchev–Trinajstić information content (AvgIpc) is 2.92. The van der Waals surface area contributed by atoms with Gasteiger partial charge in [0.2, 0.25) is 0 Å². The molecule has 3 atom stereocenters. The molecule has 0 radical (unpaired) electrons. The molecule has 0 bridgehead atoms. The van der Waals surface area contributed by atoms with Gasteiger partial charge in [-0.25, -0.2) is 4.98 Å². The van der Waals surface area contributed by atoms with Crippen LogP contribution in [0.15, 0.2) is 42.5 Å². The van der Waals surface area contributed by atoms with Gasteiger partial charge in [0.1, 0.15) is 11.3 Å². The fraction of sp³-hybridized carbons (Fsp3) is 0.409. The van der Waals surface area contributed by atoms with Crippen LogP contribution >= 0.6 is 0 Å². The number of rotatable bonds is 3. The highest BCUT2D eigenvalue weighted by atomic mass is 16.3. The molecule has 0 unspecified atom stereocenters. The third-order valence-corrected chi connectivity index (χ3v) is 5.65. The van der Waals surface area contributed by atoms with Crippen LogP contribution in [0.4, 0.5) is 5.69 Å². The molecule has 0 amide bonds. The van der Waals surface area contributed by atoms with Crippen molar-refractivity contribution < 1.29 is 5.11 Å². The molecule has 3 aromatic rings. The molecule has 4 heteroatoms. The zero-order valence-corrected chi connectivity index (χ0v) is 15.9. The molecule has 0 saturated heterocycles. The highest BCUT2D eigenvalue weighted by molar-refractivity contribution is 5.92. The maximum absolute atomic E-state index is 11.2. The zero-order chi connectivity index (χ0) is 18.4. The van der Waals surface area contributed by atoms with E-state index in [1.54, 1.807) is 0 Å². The molecule has 4 rings (SSSR count). The number of hydrogen-bond acceptors (Lipinski definition) is 3. The van der Waals surface area contributed by atoms with Crippen LogP contribution in [0.2, 0.25) is 0 Å². The van der Waals surface area contributed by atoms with E-state index < -0.39 is 6.10 Å². The number of aliphatic hydroxyl groups excluding tert-OH is 1. The Hall–Kier alpha value is -2.33. The maximum Gasteiger partial charge on any atom is 0.112 e. The number of aryl methyl sites for hydroxylation is 2. The first-order valence-corrected chi connectivity index (χ1v) is 9.43. The molecular formula is C22H27N3O. The van der Waals surface area contributed by atoms with Crippen LogP contribution in [0.3, 0.4) is 0 Å². The first kappa shape index (κ1) is 17.1. The van der Waals surface area contributed by atoms with Gasteiger partial charge in [0.05, 0.1) is 23.3 Å². The second-order valence-corrected chi connectivity index (χ2v) is 7.87. The molecule has 2 N–H and O–H groups in total. The van der Waals surface area contributed by atoms with E-state index in [1.165, 1.54) is 5.56 Å². The summed E-state index contributed by atoms with van der Waals surface area (Å²) in [6, 6.07) is 14.4. The smallest absolute Gasteiger partial charge is 0.112 e. The lowest BCUT2D eigenvalue weighted by Crippen LogP contribution is -2.36. The van der Waals surface area contributed by atoms with Gasteiger partial charge in [-0.3, -0.25) is 0 Å². The predicted molar refractivity (Wildman–Crippen MR) is 106 cm³/mol. The van der Waals surface area contributed by atoms with E-state index in [0.29, 0.717) is 5.92 Å².